The zero-order valence-corrected chi connectivity index (χ0v) is 10.0. The molecule has 0 spiro atoms. The summed E-state index contributed by atoms with van der Waals surface area (Å²) in [4.78, 5) is 19.5. The van der Waals surface area contributed by atoms with E-state index in [2.05, 4.69) is 0 Å². The molecule has 0 amide bonds. The predicted molar refractivity (Wildman–Crippen MR) is 48.9 cm³/mol. The Hall–Kier alpha value is -1.06. The Labute approximate surface area is 100 Å². The second-order valence-electron chi connectivity index (χ2n) is 2.52. The van der Waals surface area contributed by atoms with E-state index in [1.54, 1.807) is 13.8 Å². The molecule has 1 radical (unpaired) electrons. The van der Waals surface area contributed by atoms with Crippen LogP contribution in [0.15, 0.2) is 23.3 Å². The third-order valence-electron chi connectivity index (χ3n) is 1.51. The number of carbonyl (C=O) groups is 2. The maximum atomic E-state index is 9.75. The van der Waals surface area contributed by atoms with Crippen molar-refractivity contribution in [3.63, 3.8) is 0 Å². The third kappa shape index (κ3) is 12.9. The van der Waals surface area contributed by atoms with E-state index in [9.17, 15) is 19.8 Å². The Kier molecular flexibility index (Phi) is 14.3. The van der Waals surface area contributed by atoms with E-state index in [0.717, 1.165) is 0 Å². The van der Waals surface area contributed by atoms with Crippen LogP contribution in [-0.2, 0) is 26.7 Å². The van der Waals surface area contributed by atoms with Crippen molar-refractivity contribution in [3.8, 4) is 0 Å². The maximum absolute atomic E-state index is 9.75. The third-order valence-corrected chi connectivity index (χ3v) is 1.51. The molecule has 0 aliphatic heterocycles. The summed E-state index contributed by atoms with van der Waals surface area (Å²) < 4.78 is 0. The van der Waals surface area contributed by atoms with Gasteiger partial charge in [0.2, 0.25) is 0 Å². The number of rotatable bonds is 2. The molecular formula is C10H14CuO4. The van der Waals surface area contributed by atoms with Gasteiger partial charge in [-0.1, -0.05) is 12.2 Å². The van der Waals surface area contributed by atoms with Gasteiger partial charge in [0.05, 0.1) is 11.9 Å². The molecule has 0 unspecified atom stereocenters. The van der Waals surface area contributed by atoms with Gasteiger partial charge in [-0.3, -0.25) is 0 Å². The minimum absolute atomic E-state index is 0. The van der Waals surface area contributed by atoms with Crippen LogP contribution in [0.3, 0.4) is 0 Å². The van der Waals surface area contributed by atoms with Crippen LogP contribution < -0.4 is 10.2 Å². The van der Waals surface area contributed by atoms with E-state index in [1.807, 2.05) is 0 Å². The summed E-state index contributed by atoms with van der Waals surface area (Å²) in [5.74, 6) is -2.19. The van der Waals surface area contributed by atoms with E-state index >= 15 is 0 Å². The van der Waals surface area contributed by atoms with Crippen molar-refractivity contribution in [2.45, 2.75) is 27.7 Å². The first kappa shape index (κ1) is 19.5. The summed E-state index contributed by atoms with van der Waals surface area (Å²) in [5.41, 5.74) is 0.556. The minimum Gasteiger partial charge on any atom is -0.545 e. The molecule has 4 nitrogen and oxygen atoms in total. The Morgan fingerprint density at radius 3 is 1.07 bits per heavy atom. The van der Waals surface area contributed by atoms with Gasteiger partial charge in [-0.05, 0) is 38.8 Å². The number of aliphatic carboxylic acids is 2. The fraction of sp³-hybridized carbons (Fsp3) is 0.400. The Morgan fingerprint density at radius 2 is 1.07 bits per heavy atom. The first-order valence-corrected chi connectivity index (χ1v) is 4.05. The normalized spacial score (nSPS) is 10.7. The number of carbonyl (C=O) groups excluding carboxylic acids is 2. The molecule has 0 saturated carbocycles. The molecule has 0 aromatic carbocycles. The van der Waals surface area contributed by atoms with E-state index in [4.69, 9.17) is 0 Å². The topological polar surface area (TPSA) is 80.3 Å². The van der Waals surface area contributed by atoms with Crippen LogP contribution in [0.1, 0.15) is 27.7 Å². The summed E-state index contributed by atoms with van der Waals surface area (Å²) >= 11 is 0. The molecule has 0 atom stereocenters. The molecule has 0 aliphatic rings. The Bertz CT molecular complexity index is 239. The van der Waals surface area contributed by atoms with Crippen LogP contribution in [0.2, 0.25) is 0 Å². The van der Waals surface area contributed by atoms with E-state index in [0.29, 0.717) is 0 Å². The zero-order valence-electron chi connectivity index (χ0n) is 9.09. The molecule has 0 aliphatic carbocycles. The van der Waals surface area contributed by atoms with Crippen molar-refractivity contribution in [1.82, 2.24) is 0 Å². The summed E-state index contributed by atoms with van der Waals surface area (Å²) in [6.07, 6.45) is 2.99. The Morgan fingerprint density at radius 1 is 0.867 bits per heavy atom. The van der Waals surface area contributed by atoms with Crippen LogP contribution >= 0.6 is 0 Å². The summed E-state index contributed by atoms with van der Waals surface area (Å²) in [6.45, 7) is 6.31. The molecule has 15 heavy (non-hydrogen) atoms. The van der Waals surface area contributed by atoms with Crippen LogP contribution in [0.5, 0.6) is 0 Å². The van der Waals surface area contributed by atoms with Gasteiger partial charge in [0.1, 0.15) is 0 Å². The van der Waals surface area contributed by atoms with Gasteiger partial charge >= 0.3 is 17.1 Å². The number of hydrogen-bond acceptors (Lipinski definition) is 4. The van der Waals surface area contributed by atoms with Gasteiger partial charge in [-0.2, -0.15) is 0 Å². The second kappa shape index (κ2) is 11.0. The fourth-order valence-corrected chi connectivity index (χ4v) is 0.236. The maximum Gasteiger partial charge on any atom is 2.00 e. The number of carboxylic acid groups (broad SMARTS) is 2. The zero-order chi connectivity index (χ0) is 11.7. The molecule has 0 fully saturated rings. The molecule has 0 rings (SSSR count). The Balaban J connectivity index is -0.000000180. The number of carboxylic acids is 2. The van der Waals surface area contributed by atoms with E-state index in [-0.39, 0.29) is 28.2 Å². The first-order chi connectivity index (χ1) is 6.36. The van der Waals surface area contributed by atoms with Crippen molar-refractivity contribution < 1.29 is 36.9 Å². The van der Waals surface area contributed by atoms with Crippen LogP contribution in [0, 0.1) is 0 Å². The SMILES string of the molecule is C/C=C(\C)C(=O)[O-].C/C=C(\C)C(=O)[O-].[Cu+2]. The van der Waals surface area contributed by atoms with E-state index in [1.165, 1.54) is 26.0 Å². The largest absolute Gasteiger partial charge is 2.00 e. The summed E-state index contributed by atoms with van der Waals surface area (Å²) in [5, 5.41) is 19.5. The molecule has 0 N–H and O–H groups in total. The molecule has 0 aromatic heterocycles. The van der Waals surface area contributed by atoms with Crippen molar-refractivity contribution >= 4 is 11.9 Å². The average molecular weight is 262 g/mol. The molecule has 0 heterocycles. The quantitative estimate of drug-likeness (QED) is 0.491. The first-order valence-electron chi connectivity index (χ1n) is 4.05. The number of allylic oxidation sites excluding steroid dienone is 2. The molecule has 0 saturated heterocycles. The second-order valence-corrected chi connectivity index (χ2v) is 2.52. The average Bonchev–Trinajstić information content (AvgIpc) is 2.15. The van der Waals surface area contributed by atoms with Gasteiger partial charge < -0.3 is 19.8 Å². The molecular weight excluding hydrogens is 248 g/mol. The van der Waals surface area contributed by atoms with Crippen molar-refractivity contribution in [3.05, 3.63) is 23.3 Å². The van der Waals surface area contributed by atoms with Crippen molar-refractivity contribution in [2.75, 3.05) is 0 Å². The number of hydrogen-bond donors (Lipinski definition) is 0. The predicted octanol–water partition coefficient (Wildman–Crippen LogP) is -0.598. The van der Waals surface area contributed by atoms with Crippen molar-refractivity contribution in [1.29, 1.82) is 0 Å². The van der Waals surface area contributed by atoms with Gasteiger partial charge in [-0.25, -0.2) is 0 Å². The van der Waals surface area contributed by atoms with E-state index < -0.39 is 11.9 Å². The van der Waals surface area contributed by atoms with Gasteiger partial charge in [0.25, 0.3) is 0 Å². The standard InChI is InChI=1S/2C5H8O2.Cu/c2*1-3-4(2)5(6)7;/h2*3H,1-2H3,(H,6,7);/q;;+2/p-2/b2*4-3+;. The summed E-state index contributed by atoms with van der Waals surface area (Å²) in [6, 6.07) is 0. The van der Waals surface area contributed by atoms with Gasteiger partial charge in [0.15, 0.2) is 0 Å². The summed E-state index contributed by atoms with van der Waals surface area (Å²) in [7, 11) is 0. The smallest absolute Gasteiger partial charge is 0.545 e. The van der Waals surface area contributed by atoms with Crippen LogP contribution in [0.4, 0.5) is 0 Å². The molecule has 5 heteroatoms. The van der Waals surface area contributed by atoms with Crippen LogP contribution in [-0.4, -0.2) is 11.9 Å². The molecule has 89 valence electrons. The van der Waals surface area contributed by atoms with Crippen molar-refractivity contribution in [2.24, 2.45) is 0 Å². The van der Waals surface area contributed by atoms with Gasteiger partial charge in [-0.15, -0.1) is 0 Å². The fourth-order valence-electron chi connectivity index (χ4n) is 0.236. The van der Waals surface area contributed by atoms with Gasteiger partial charge in [0, 0.05) is 0 Å². The van der Waals surface area contributed by atoms with Crippen LogP contribution in [0.25, 0.3) is 0 Å². The molecule has 0 aromatic rings. The monoisotopic (exact) mass is 261 g/mol. The minimum atomic E-state index is -1.09. The molecule has 0 bridgehead atoms.